The van der Waals surface area contributed by atoms with Crippen LogP contribution in [0.1, 0.15) is 45.2 Å². The van der Waals surface area contributed by atoms with E-state index in [0.717, 1.165) is 25.4 Å². The van der Waals surface area contributed by atoms with Gasteiger partial charge in [-0.3, -0.25) is 4.90 Å². The highest BCUT2D eigenvalue weighted by molar-refractivity contribution is 5.29. The van der Waals surface area contributed by atoms with Gasteiger partial charge in [0.2, 0.25) is 0 Å². The molecule has 1 fully saturated rings. The quantitative estimate of drug-likeness (QED) is 0.897. The Morgan fingerprint density at radius 2 is 2.00 bits per heavy atom. The molecule has 3 heteroatoms. The molecular weight excluding hydrogens is 248 g/mol. The van der Waals surface area contributed by atoms with Crippen molar-refractivity contribution in [1.29, 1.82) is 0 Å². The van der Waals surface area contributed by atoms with Gasteiger partial charge < -0.3 is 10.5 Å². The van der Waals surface area contributed by atoms with Crippen LogP contribution in [0, 0.1) is 5.92 Å². The van der Waals surface area contributed by atoms with E-state index in [1.54, 1.807) is 0 Å². The molecule has 0 spiro atoms. The highest BCUT2D eigenvalue weighted by Crippen LogP contribution is 2.31. The van der Waals surface area contributed by atoms with Crippen LogP contribution in [0.25, 0.3) is 0 Å². The van der Waals surface area contributed by atoms with E-state index in [-0.39, 0.29) is 0 Å². The molecule has 1 aromatic carbocycles. The third kappa shape index (κ3) is 3.53. The Hall–Kier alpha value is -1.06. The zero-order valence-electron chi connectivity index (χ0n) is 13.0. The van der Waals surface area contributed by atoms with Gasteiger partial charge in [-0.2, -0.15) is 0 Å². The standard InChI is InChI=1S/C17H28N2O/c1-4-20-17-9-7-16(8-10-17)14(3)19-12-15(11-18)6-5-13(19)2/h7-10,13-15H,4-6,11-12,18H2,1-3H3. The highest BCUT2D eigenvalue weighted by Gasteiger charge is 2.28. The molecule has 0 amide bonds. The first-order valence-corrected chi connectivity index (χ1v) is 7.84. The van der Waals surface area contributed by atoms with Crippen molar-refractivity contribution in [2.24, 2.45) is 11.7 Å². The second kappa shape index (κ2) is 7.09. The van der Waals surface area contributed by atoms with Crippen molar-refractivity contribution in [3.63, 3.8) is 0 Å². The number of hydrogen-bond acceptors (Lipinski definition) is 3. The Morgan fingerprint density at radius 1 is 1.30 bits per heavy atom. The van der Waals surface area contributed by atoms with Crippen molar-refractivity contribution in [3.8, 4) is 5.75 Å². The summed E-state index contributed by atoms with van der Waals surface area (Å²) in [5, 5.41) is 0. The molecule has 20 heavy (non-hydrogen) atoms. The first-order valence-electron chi connectivity index (χ1n) is 7.84. The molecule has 1 aromatic rings. The van der Waals surface area contributed by atoms with Gasteiger partial charge in [-0.05, 0) is 63.8 Å². The summed E-state index contributed by atoms with van der Waals surface area (Å²) in [6.45, 7) is 9.28. The van der Waals surface area contributed by atoms with Crippen LogP contribution in [0.4, 0.5) is 0 Å². The maximum Gasteiger partial charge on any atom is 0.119 e. The monoisotopic (exact) mass is 276 g/mol. The number of hydrogen-bond donors (Lipinski definition) is 1. The van der Waals surface area contributed by atoms with Crippen LogP contribution in [-0.2, 0) is 0 Å². The topological polar surface area (TPSA) is 38.5 Å². The molecule has 0 aromatic heterocycles. The first-order chi connectivity index (χ1) is 9.65. The molecular formula is C17H28N2O. The lowest BCUT2D eigenvalue weighted by molar-refractivity contribution is 0.0812. The maximum atomic E-state index is 5.86. The predicted octanol–water partition coefficient (Wildman–Crippen LogP) is 3.21. The third-order valence-electron chi connectivity index (χ3n) is 4.53. The molecule has 112 valence electrons. The van der Waals surface area contributed by atoms with Crippen molar-refractivity contribution >= 4 is 0 Å². The number of piperidine rings is 1. The van der Waals surface area contributed by atoms with Gasteiger partial charge in [-0.25, -0.2) is 0 Å². The van der Waals surface area contributed by atoms with Crippen molar-refractivity contribution in [2.75, 3.05) is 19.7 Å². The lowest BCUT2D eigenvalue weighted by Gasteiger charge is -2.41. The second-order valence-electron chi connectivity index (χ2n) is 5.90. The summed E-state index contributed by atoms with van der Waals surface area (Å²) in [6.07, 6.45) is 2.52. The minimum atomic E-state index is 0.440. The number of rotatable bonds is 5. The van der Waals surface area contributed by atoms with Gasteiger partial charge in [0, 0.05) is 18.6 Å². The number of ether oxygens (including phenoxy) is 1. The van der Waals surface area contributed by atoms with Gasteiger partial charge in [0.15, 0.2) is 0 Å². The predicted molar refractivity (Wildman–Crippen MR) is 84.0 cm³/mol. The van der Waals surface area contributed by atoms with E-state index in [2.05, 4.69) is 43.0 Å². The number of nitrogens with zero attached hydrogens (tertiary/aromatic N) is 1. The zero-order valence-corrected chi connectivity index (χ0v) is 13.0. The Kier molecular flexibility index (Phi) is 5.44. The minimum Gasteiger partial charge on any atom is -0.494 e. The van der Waals surface area contributed by atoms with Crippen molar-refractivity contribution < 1.29 is 4.74 Å². The average molecular weight is 276 g/mol. The minimum absolute atomic E-state index is 0.440. The molecule has 2 N–H and O–H groups in total. The lowest BCUT2D eigenvalue weighted by atomic mass is 9.91. The summed E-state index contributed by atoms with van der Waals surface area (Å²) in [7, 11) is 0. The molecule has 1 saturated heterocycles. The van der Waals surface area contributed by atoms with Crippen LogP contribution in [0.5, 0.6) is 5.75 Å². The Labute approximate surface area is 123 Å². The average Bonchev–Trinajstić information content (AvgIpc) is 2.48. The SMILES string of the molecule is CCOc1ccc(C(C)N2CC(CN)CCC2C)cc1. The maximum absolute atomic E-state index is 5.86. The molecule has 0 radical (unpaired) electrons. The molecule has 1 aliphatic heterocycles. The Morgan fingerprint density at radius 3 is 2.60 bits per heavy atom. The summed E-state index contributed by atoms with van der Waals surface area (Å²) < 4.78 is 5.51. The third-order valence-corrected chi connectivity index (χ3v) is 4.53. The van der Waals surface area contributed by atoms with Crippen LogP contribution in [0.3, 0.4) is 0 Å². The van der Waals surface area contributed by atoms with Gasteiger partial charge in [-0.1, -0.05) is 12.1 Å². The molecule has 1 heterocycles. The molecule has 0 bridgehead atoms. The Balaban J connectivity index is 2.06. The largest absolute Gasteiger partial charge is 0.494 e. The molecule has 3 unspecified atom stereocenters. The molecule has 0 aliphatic carbocycles. The van der Waals surface area contributed by atoms with E-state index in [0.29, 0.717) is 18.0 Å². The number of nitrogens with two attached hydrogens (primary N) is 1. The van der Waals surface area contributed by atoms with Gasteiger partial charge in [0.25, 0.3) is 0 Å². The van der Waals surface area contributed by atoms with Crippen LogP contribution in [0.2, 0.25) is 0 Å². The normalized spacial score (nSPS) is 25.4. The summed E-state index contributed by atoms with van der Waals surface area (Å²) >= 11 is 0. The fourth-order valence-electron chi connectivity index (χ4n) is 3.15. The smallest absolute Gasteiger partial charge is 0.119 e. The summed E-state index contributed by atoms with van der Waals surface area (Å²) in [5.74, 6) is 1.60. The number of benzene rings is 1. The van der Waals surface area contributed by atoms with Gasteiger partial charge in [0.05, 0.1) is 6.61 Å². The van der Waals surface area contributed by atoms with E-state index in [4.69, 9.17) is 10.5 Å². The second-order valence-corrected chi connectivity index (χ2v) is 5.90. The van der Waals surface area contributed by atoms with Crippen LogP contribution < -0.4 is 10.5 Å². The van der Waals surface area contributed by atoms with Crippen LogP contribution in [0.15, 0.2) is 24.3 Å². The Bertz CT molecular complexity index is 404. The van der Waals surface area contributed by atoms with E-state index < -0.39 is 0 Å². The zero-order chi connectivity index (χ0) is 14.5. The van der Waals surface area contributed by atoms with Crippen molar-refractivity contribution in [3.05, 3.63) is 29.8 Å². The van der Waals surface area contributed by atoms with Crippen LogP contribution in [-0.4, -0.2) is 30.6 Å². The molecule has 3 nitrogen and oxygen atoms in total. The van der Waals surface area contributed by atoms with Gasteiger partial charge >= 0.3 is 0 Å². The molecule has 3 atom stereocenters. The molecule has 2 rings (SSSR count). The van der Waals surface area contributed by atoms with E-state index >= 15 is 0 Å². The van der Waals surface area contributed by atoms with E-state index in [9.17, 15) is 0 Å². The van der Waals surface area contributed by atoms with Crippen LogP contribution >= 0.6 is 0 Å². The summed E-state index contributed by atoms with van der Waals surface area (Å²) in [4.78, 5) is 2.59. The number of likely N-dealkylation sites (tertiary alicyclic amines) is 1. The fourth-order valence-corrected chi connectivity index (χ4v) is 3.15. The fraction of sp³-hybridized carbons (Fsp3) is 0.647. The van der Waals surface area contributed by atoms with Gasteiger partial charge in [0.1, 0.15) is 5.75 Å². The van der Waals surface area contributed by atoms with Crippen molar-refractivity contribution in [1.82, 2.24) is 4.90 Å². The first kappa shape index (κ1) is 15.3. The molecule has 1 aliphatic rings. The van der Waals surface area contributed by atoms with E-state index in [1.165, 1.54) is 18.4 Å². The molecule has 0 saturated carbocycles. The lowest BCUT2D eigenvalue weighted by Crippen LogP contribution is -2.44. The highest BCUT2D eigenvalue weighted by atomic mass is 16.5. The van der Waals surface area contributed by atoms with Crippen molar-refractivity contribution in [2.45, 2.75) is 45.7 Å². The van der Waals surface area contributed by atoms with Gasteiger partial charge in [-0.15, -0.1) is 0 Å². The summed E-state index contributed by atoms with van der Waals surface area (Å²) in [5.41, 5.74) is 7.22. The summed E-state index contributed by atoms with van der Waals surface area (Å²) in [6, 6.07) is 9.60. The van der Waals surface area contributed by atoms with E-state index in [1.807, 2.05) is 6.92 Å².